The number of nitrogens with one attached hydrogen (secondary N) is 1. The van der Waals surface area contributed by atoms with Crippen LogP contribution in [0.5, 0.6) is 0 Å². The first-order valence-corrected chi connectivity index (χ1v) is 6.94. The number of rotatable bonds is 5. The van der Waals surface area contributed by atoms with Crippen molar-refractivity contribution in [2.24, 2.45) is 11.7 Å². The quantitative estimate of drug-likeness (QED) is 0.659. The molecule has 0 bridgehead atoms. The molecule has 13 heavy (non-hydrogen) atoms. The molecule has 0 saturated carbocycles. The van der Waals surface area contributed by atoms with Gasteiger partial charge in [0.05, 0.1) is 6.04 Å². The topological polar surface area (TPSA) is 72.2 Å². The van der Waals surface area contributed by atoms with Crippen molar-refractivity contribution in [1.82, 2.24) is 5.09 Å². The lowest BCUT2D eigenvalue weighted by Gasteiger charge is -2.19. The van der Waals surface area contributed by atoms with E-state index < -0.39 is 19.2 Å². The molecule has 0 rings (SSSR count). The van der Waals surface area contributed by atoms with E-state index in [0.29, 0.717) is 12.3 Å². The summed E-state index contributed by atoms with van der Waals surface area (Å²) < 4.78 is 11.4. The fourth-order valence-corrected chi connectivity index (χ4v) is 2.06. The molecule has 3 N–H and O–H groups in total. The van der Waals surface area contributed by atoms with E-state index in [1.165, 1.54) is 0 Å². The van der Waals surface area contributed by atoms with Crippen molar-refractivity contribution >= 4 is 13.2 Å². The Morgan fingerprint density at radius 1 is 1.46 bits per heavy atom. The van der Waals surface area contributed by atoms with Crippen LogP contribution < -0.4 is 10.8 Å². The standard InChI is InChI=1S/C8H19N2O2P/c1-6(2)5-7(8(9)11)10-13(3,4)12/h6-7H,5H2,1-4H3,(H2,9,11)(H,10,12)/t7-/m0/s1. The predicted octanol–water partition coefficient (Wildman–Crippen LogP) is 1.01. The van der Waals surface area contributed by atoms with Crippen molar-refractivity contribution in [2.75, 3.05) is 13.3 Å². The van der Waals surface area contributed by atoms with Crippen LogP contribution in [0.1, 0.15) is 20.3 Å². The van der Waals surface area contributed by atoms with Gasteiger partial charge < -0.3 is 10.3 Å². The van der Waals surface area contributed by atoms with Crippen molar-refractivity contribution in [3.63, 3.8) is 0 Å². The number of nitrogens with two attached hydrogens (primary N) is 1. The molecule has 0 heterocycles. The van der Waals surface area contributed by atoms with Gasteiger partial charge in [0.2, 0.25) is 5.91 Å². The van der Waals surface area contributed by atoms with Crippen LogP contribution >= 0.6 is 7.29 Å². The molecule has 0 aromatic rings. The second kappa shape index (κ2) is 4.77. The van der Waals surface area contributed by atoms with Crippen LogP contribution in [0.4, 0.5) is 0 Å². The SMILES string of the molecule is CC(C)C[C@H](NP(C)(C)=O)C(N)=O. The van der Waals surface area contributed by atoms with E-state index in [2.05, 4.69) is 5.09 Å². The number of amides is 1. The average Bonchev–Trinajstić information content (AvgIpc) is 1.81. The summed E-state index contributed by atoms with van der Waals surface area (Å²) in [6.45, 7) is 7.16. The molecule has 0 aliphatic carbocycles. The van der Waals surface area contributed by atoms with E-state index in [9.17, 15) is 9.36 Å². The molecule has 0 aromatic carbocycles. The maximum Gasteiger partial charge on any atom is 0.234 e. The largest absolute Gasteiger partial charge is 0.368 e. The molecule has 0 radical (unpaired) electrons. The Labute approximate surface area is 79.7 Å². The van der Waals surface area contributed by atoms with Gasteiger partial charge in [-0.3, -0.25) is 9.88 Å². The molecular weight excluding hydrogens is 187 g/mol. The van der Waals surface area contributed by atoms with Crippen LogP contribution in [0.2, 0.25) is 0 Å². The molecule has 78 valence electrons. The summed E-state index contributed by atoms with van der Waals surface area (Å²) in [5, 5.41) is 2.77. The molecule has 5 heteroatoms. The van der Waals surface area contributed by atoms with E-state index in [0.717, 1.165) is 0 Å². The minimum Gasteiger partial charge on any atom is -0.368 e. The Kier molecular flexibility index (Phi) is 4.65. The summed E-state index contributed by atoms with van der Waals surface area (Å²) in [5.41, 5.74) is 5.17. The minimum atomic E-state index is -2.38. The van der Waals surface area contributed by atoms with Gasteiger partial charge in [-0.25, -0.2) is 0 Å². The van der Waals surface area contributed by atoms with Crippen LogP contribution in [0.15, 0.2) is 0 Å². The third kappa shape index (κ3) is 6.79. The minimum absolute atomic E-state index is 0.358. The van der Waals surface area contributed by atoms with Crippen LogP contribution in [0.25, 0.3) is 0 Å². The molecule has 1 atom stereocenters. The molecule has 1 amide bonds. The summed E-state index contributed by atoms with van der Waals surface area (Å²) in [4.78, 5) is 11.0. The summed E-state index contributed by atoms with van der Waals surface area (Å²) in [5.74, 6) is -0.0748. The van der Waals surface area contributed by atoms with E-state index in [1.807, 2.05) is 13.8 Å². The van der Waals surface area contributed by atoms with Gasteiger partial charge in [0.25, 0.3) is 0 Å². The van der Waals surface area contributed by atoms with Gasteiger partial charge in [-0.15, -0.1) is 0 Å². The van der Waals surface area contributed by atoms with E-state index >= 15 is 0 Å². The highest BCUT2D eigenvalue weighted by atomic mass is 31.2. The Balaban J connectivity index is 4.28. The van der Waals surface area contributed by atoms with Crippen LogP contribution in [-0.2, 0) is 9.36 Å². The first-order chi connectivity index (χ1) is 5.72. The average molecular weight is 206 g/mol. The zero-order valence-corrected chi connectivity index (χ0v) is 9.60. The smallest absolute Gasteiger partial charge is 0.234 e. The molecule has 0 saturated heterocycles. The van der Waals surface area contributed by atoms with E-state index in [4.69, 9.17) is 5.73 Å². The van der Waals surface area contributed by atoms with E-state index in [-0.39, 0.29) is 0 Å². The van der Waals surface area contributed by atoms with Crippen molar-refractivity contribution in [3.05, 3.63) is 0 Å². The third-order valence-corrected chi connectivity index (χ3v) is 2.45. The Morgan fingerprint density at radius 3 is 2.15 bits per heavy atom. The van der Waals surface area contributed by atoms with Gasteiger partial charge in [-0.05, 0) is 12.3 Å². The fourth-order valence-electron chi connectivity index (χ4n) is 1.08. The second-order valence-electron chi connectivity index (χ2n) is 4.06. The molecule has 0 unspecified atom stereocenters. The summed E-state index contributed by atoms with van der Waals surface area (Å²) in [6.07, 6.45) is 0.626. The second-order valence-corrected chi connectivity index (χ2v) is 7.02. The first kappa shape index (κ1) is 12.7. The zero-order valence-electron chi connectivity index (χ0n) is 8.70. The molecular formula is C8H19N2O2P. The van der Waals surface area contributed by atoms with Gasteiger partial charge in [0.1, 0.15) is 7.29 Å². The lowest BCUT2D eigenvalue weighted by atomic mass is 10.0. The zero-order chi connectivity index (χ0) is 10.6. The van der Waals surface area contributed by atoms with Gasteiger partial charge in [0.15, 0.2) is 0 Å². The Hall–Kier alpha value is -0.340. The monoisotopic (exact) mass is 206 g/mol. The highest BCUT2D eigenvalue weighted by Crippen LogP contribution is 2.31. The Morgan fingerprint density at radius 2 is 1.92 bits per heavy atom. The summed E-state index contributed by atoms with van der Waals surface area (Å²) in [6, 6.07) is -0.471. The highest BCUT2D eigenvalue weighted by Gasteiger charge is 2.21. The van der Waals surface area contributed by atoms with Gasteiger partial charge in [-0.2, -0.15) is 0 Å². The molecule has 0 aliphatic heterocycles. The van der Waals surface area contributed by atoms with Crippen molar-refractivity contribution < 1.29 is 9.36 Å². The maximum atomic E-state index is 11.4. The molecule has 0 fully saturated rings. The summed E-state index contributed by atoms with van der Waals surface area (Å²) in [7, 11) is -2.38. The molecule has 0 aliphatic rings. The molecule has 0 spiro atoms. The molecule has 4 nitrogen and oxygen atoms in total. The summed E-state index contributed by atoms with van der Waals surface area (Å²) >= 11 is 0. The Bertz CT molecular complexity index is 222. The maximum absolute atomic E-state index is 11.4. The first-order valence-electron chi connectivity index (χ1n) is 4.34. The van der Waals surface area contributed by atoms with Crippen molar-refractivity contribution in [1.29, 1.82) is 0 Å². The number of carbonyl (C=O) groups excluding carboxylic acids is 1. The predicted molar refractivity (Wildman–Crippen MR) is 55.0 cm³/mol. The lowest BCUT2D eigenvalue weighted by Crippen LogP contribution is -2.40. The molecule has 0 aromatic heterocycles. The van der Waals surface area contributed by atoms with Crippen molar-refractivity contribution in [3.8, 4) is 0 Å². The highest BCUT2D eigenvalue weighted by molar-refractivity contribution is 7.60. The van der Waals surface area contributed by atoms with Gasteiger partial charge in [-0.1, -0.05) is 13.8 Å². The van der Waals surface area contributed by atoms with Gasteiger partial charge >= 0.3 is 0 Å². The lowest BCUT2D eigenvalue weighted by molar-refractivity contribution is -0.119. The third-order valence-electron chi connectivity index (χ3n) is 1.52. The number of carbonyl (C=O) groups is 1. The van der Waals surface area contributed by atoms with Crippen LogP contribution in [-0.4, -0.2) is 25.3 Å². The van der Waals surface area contributed by atoms with E-state index in [1.54, 1.807) is 13.3 Å². The van der Waals surface area contributed by atoms with Crippen LogP contribution in [0, 0.1) is 5.92 Å². The normalized spacial score (nSPS) is 14.5. The van der Waals surface area contributed by atoms with Crippen molar-refractivity contribution in [2.45, 2.75) is 26.3 Å². The number of primary amides is 1. The fraction of sp³-hybridized carbons (Fsp3) is 0.875. The van der Waals surface area contributed by atoms with Gasteiger partial charge in [0, 0.05) is 13.3 Å². The van der Waals surface area contributed by atoms with Crippen LogP contribution in [0.3, 0.4) is 0 Å². The number of hydrogen-bond donors (Lipinski definition) is 2. The number of hydrogen-bond acceptors (Lipinski definition) is 2.